The van der Waals surface area contributed by atoms with E-state index in [0.29, 0.717) is 15.2 Å². The Balaban J connectivity index is 1.63. The summed E-state index contributed by atoms with van der Waals surface area (Å²) in [5.41, 5.74) is 0.837. The lowest BCUT2D eigenvalue weighted by atomic mass is 9.95. The molecular weight excluding hydrogens is 422 g/mol. The Labute approximate surface area is 186 Å². The summed E-state index contributed by atoms with van der Waals surface area (Å²) < 4.78 is 0. The third-order valence-corrected chi connectivity index (χ3v) is 6.57. The molecule has 162 valence electrons. The number of hydrogen-bond acceptors (Lipinski definition) is 5. The number of amides is 3. The predicted molar refractivity (Wildman–Crippen MR) is 121 cm³/mol. The van der Waals surface area contributed by atoms with Gasteiger partial charge in [0.15, 0.2) is 0 Å². The number of urea groups is 1. The van der Waals surface area contributed by atoms with Crippen LogP contribution in [-0.4, -0.2) is 34.2 Å². The molecule has 2 aromatic rings. The molecule has 30 heavy (non-hydrogen) atoms. The normalized spacial score (nSPS) is 16.5. The third kappa shape index (κ3) is 6.15. The van der Waals surface area contributed by atoms with E-state index in [1.54, 1.807) is 12.1 Å². The zero-order valence-electron chi connectivity index (χ0n) is 17.3. The van der Waals surface area contributed by atoms with Crippen molar-refractivity contribution in [2.75, 3.05) is 5.32 Å². The highest BCUT2D eigenvalue weighted by atomic mass is 35.5. The fourth-order valence-electron chi connectivity index (χ4n) is 3.51. The molecule has 1 aromatic carbocycles. The molecular formula is C21H28ClN5O2S. The van der Waals surface area contributed by atoms with Gasteiger partial charge in [0.05, 0.1) is 0 Å². The maximum atomic E-state index is 12.9. The molecule has 7 nitrogen and oxygen atoms in total. The largest absolute Gasteiger partial charge is 0.335 e. The molecule has 0 bridgehead atoms. The first-order valence-corrected chi connectivity index (χ1v) is 11.6. The van der Waals surface area contributed by atoms with Gasteiger partial charge >= 0.3 is 6.03 Å². The fraction of sp³-hybridized carbons (Fsp3) is 0.524. The molecule has 0 aliphatic heterocycles. The summed E-state index contributed by atoms with van der Waals surface area (Å²) in [7, 11) is 0. The van der Waals surface area contributed by atoms with Crippen LogP contribution in [0.4, 0.5) is 9.93 Å². The van der Waals surface area contributed by atoms with Crippen LogP contribution >= 0.6 is 22.9 Å². The highest BCUT2D eigenvalue weighted by Crippen LogP contribution is 2.28. The maximum absolute atomic E-state index is 12.9. The number of aromatic nitrogens is 2. The molecule has 9 heteroatoms. The summed E-state index contributed by atoms with van der Waals surface area (Å²) in [6.07, 6.45) is 6.22. The number of nitrogens with one attached hydrogen (secondary N) is 3. The van der Waals surface area contributed by atoms with Gasteiger partial charge < -0.3 is 10.6 Å². The number of halogens is 1. The van der Waals surface area contributed by atoms with Crippen molar-refractivity contribution >= 4 is 40.0 Å². The van der Waals surface area contributed by atoms with Gasteiger partial charge in [-0.3, -0.25) is 10.1 Å². The van der Waals surface area contributed by atoms with Gasteiger partial charge in [0.25, 0.3) is 0 Å². The van der Waals surface area contributed by atoms with Crippen LogP contribution in [0.5, 0.6) is 0 Å². The van der Waals surface area contributed by atoms with Crippen LogP contribution in [0, 0.1) is 5.92 Å². The second kappa shape index (κ2) is 10.7. The minimum absolute atomic E-state index is 0.0255. The van der Waals surface area contributed by atoms with Crippen LogP contribution in [0.1, 0.15) is 52.4 Å². The van der Waals surface area contributed by atoms with E-state index in [0.717, 1.165) is 37.7 Å². The molecule has 3 rings (SSSR count). The van der Waals surface area contributed by atoms with Crippen molar-refractivity contribution < 1.29 is 9.59 Å². The molecule has 3 N–H and O–H groups in total. The Kier molecular flexibility index (Phi) is 8.04. The van der Waals surface area contributed by atoms with Crippen LogP contribution in [0.15, 0.2) is 24.3 Å². The highest BCUT2D eigenvalue weighted by molar-refractivity contribution is 7.18. The van der Waals surface area contributed by atoms with Crippen molar-refractivity contribution in [2.24, 2.45) is 5.92 Å². The van der Waals surface area contributed by atoms with E-state index >= 15 is 0 Å². The molecule has 2 atom stereocenters. The first-order valence-electron chi connectivity index (χ1n) is 10.4. The van der Waals surface area contributed by atoms with Crippen molar-refractivity contribution in [3.05, 3.63) is 29.3 Å². The van der Waals surface area contributed by atoms with Gasteiger partial charge in [0, 0.05) is 16.6 Å². The SMILES string of the molecule is CCC(C)C(NC(=O)NC1CCCCC1)C(=O)Nc1nnc(-c2cccc(Cl)c2)s1. The number of benzene rings is 1. The topological polar surface area (TPSA) is 96.0 Å². The quantitative estimate of drug-likeness (QED) is 0.563. The molecule has 1 heterocycles. The zero-order valence-corrected chi connectivity index (χ0v) is 18.9. The van der Waals surface area contributed by atoms with Gasteiger partial charge in [-0.25, -0.2) is 4.79 Å². The molecule has 0 spiro atoms. The fourth-order valence-corrected chi connectivity index (χ4v) is 4.45. The summed E-state index contributed by atoms with van der Waals surface area (Å²) in [5, 5.41) is 18.5. The van der Waals surface area contributed by atoms with E-state index in [2.05, 4.69) is 26.1 Å². The van der Waals surface area contributed by atoms with Crippen LogP contribution in [0.25, 0.3) is 10.6 Å². The van der Waals surface area contributed by atoms with Crippen molar-refractivity contribution in [1.82, 2.24) is 20.8 Å². The lowest BCUT2D eigenvalue weighted by Gasteiger charge is -2.26. The van der Waals surface area contributed by atoms with E-state index in [4.69, 9.17) is 11.6 Å². The number of nitrogens with zero attached hydrogens (tertiary/aromatic N) is 2. The third-order valence-electron chi connectivity index (χ3n) is 5.45. The molecule has 1 saturated carbocycles. The van der Waals surface area contributed by atoms with E-state index < -0.39 is 6.04 Å². The zero-order chi connectivity index (χ0) is 21.5. The second-order valence-electron chi connectivity index (χ2n) is 7.73. The minimum atomic E-state index is -0.655. The van der Waals surface area contributed by atoms with Crippen LogP contribution in [-0.2, 0) is 4.79 Å². The van der Waals surface area contributed by atoms with Gasteiger partial charge in [-0.2, -0.15) is 0 Å². The summed E-state index contributed by atoms with van der Waals surface area (Å²) in [4.78, 5) is 25.4. The highest BCUT2D eigenvalue weighted by Gasteiger charge is 2.28. The smallest absolute Gasteiger partial charge is 0.315 e. The molecule has 1 aliphatic rings. The Morgan fingerprint density at radius 1 is 1.23 bits per heavy atom. The minimum Gasteiger partial charge on any atom is -0.335 e. The van der Waals surface area contributed by atoms with Crippen LogP contribution in [0.2, 0.25) is 5.02 Å². The van der Waals surface area contributed by atoms with Crippen LogP contribution in [0.3, 0.4) is 0 Å². The average Bonchev–Trinajstić information content (AvgIpc) is 3.20. The summed E-state index contributed by atoms with van der Waals surface area (Å²) >= 11 is 7.30. The average molecular weight is 450 g/mol. The number of anilines is 1. The molecule has 0 saturated heterocycles. The Hall–Kier alpha value is -2.19. The van der Waals surface area contributed by atoms with E-state index in [1.165, 1.54) is 17.8 Å². The van der Waals surface area contributed by atoms with Crippen molar-refractivity contribution in [3.8, 4) is 10.6 Å². The van der Waals surface area contributed by atoms with E-state index in [1.807, 2.05) is 26.0 Å². The Morgan fingerprint density at radius 3 is 2.70 bits per heavy atom. The summed E-state index contributed by atoms with van der Waals surface area (Å²) in [6.45, 7) is 3.94. The predicted octanol–water partition coefficient (Wildman–Crippen LogP) is 4.84. The van der Waals surface area contributed by atoms with Gasteiger partial charge in [-0.1, -0.05) is 74.6 Å². The second-order valence-corrected chi connectivity index (χ2v) is 9.14. The first-order chi connectivity index (χ1) is 14.5. The molecule has 1 aromatic heterocycles. The first kappa shape index (κ1) is 22.5. The van der Waals surface area contributed by atoms with Crippen LogP contribution < -0.4 is 16.0 Å². The molecule has 1 aliphatic carbocycles. The van der Waals surface area contributed by atoms with E-state index in [-0.39, 0.29) is 23.9 Å². The number of carbonyl (C=O) groups is 2. The summed E-state index contributed by atoms with van der Waals surface area (Å²) in [5.74, 6) is -0.320. The molecule has 3 amide bonds. The maximum Gasteiger partial charge on any atom is 0.315 e. The number of carbonyl (C=O) groups excluding carboxylic acids is 2. The monoisotopic (exact) mass is 449 g/mol. The van der Waals surface area contributed by atoms with Gasteiger partial charge in [-0.05, 0) is 30.9 Å². The molecule has 0 radical (unpaired) electrons. The molecule has 2 unspecified atom stereocenters. The Bertz CT molecular complexity index is 869. The van der Waals surface area contributed by atoms with E-state index in [9.17, 15) is 9.59 Å². The molecule has 1 fully saturated rings. The van der Waals surface area contributed by atoms with Gasteiger partial charge in [0.2, 0.25) is 11.0 Å². The van der Waals surface area contributed by atoms with Crippen molar-refractivity contribution in [2.45, 2.75) is 64.5 Å². The lowest BCUT2D eigenvalue weighted by Crippen LogP contribution is -2.53. The standard InChI is InChI=1S/C21H28ClN5O2S/c1-3-13(2)17(24-20(29)23-16-10-5-4-6-11-16)18(28)25-21-27-26-19(30-21)14-8-7-9-15(22)12-14/h7-9,12-13,16-17H,3-6,10-11H2,1-2H3,(H2,23,24,29)(H,25,27,28). The number of rotatable bonds is 7. The summed E-state index contributed by atoms with van der Waals surface area (Å²) in [6, 6.07) is 6.55. The van der Waals surface area contributed by atoms with Gasteiger partial charge in [0.1, 0.15) is 11.0 Å². The number of hydrogen-bond donors (Lipinski definition) is 3. The van der Waals surface area contributed by atoms with Crippen molar-refractivity contribution in [1.29, 1.82) is 0 Å². The van der Waals surface area contributed by atoms with Gasteiger partial charge in [-0.15, -0.1) is 10.2 Å². The lowest BCUT2D eigenvalue weighted by molar-refractivity contribution is -0.119. The Morgan fingerprint density at radius 2 is 2.00 bits per heavy atom. The van der Waals surface area contributed by atoms with Crippen molar-refractivity contribution in [3.63, 3.8) is 0 Å².